The van der Waals surface area contributed by atoms with Crippen LogP contribution in [0.2, 0.25) is 0 Å². The molecule has 0 atom stereocenters. The fourth-order valence-corrected chi connectivity index (χ4v) is 2.88. The molecule has 1 aromatic heterocycles. The van der Waals surface area contributed by atoms with E-state index in [1.165, 1.54) is 22.9 Å². The highest BCUT2D eigenvalue weighted by atomic mass is 32.2. The van der Waals surface area contributed by atoms with E-state index in [0.717, 1.165) is 18.7 Å². The normalized spacial score (nSPS) is 10.8. The van der Waals surface area contributed by atoms with Crippen molar-refractivity contribution >= 4 is 17.7 Å². The molecule has 5 nitrogen and oxygen atoms in total. The third-order valence-corrected chi connectivity index (χ3v) is 4.21. The Morgan fingerprint density at radius 3 is 2.52 bits per heavy atom. The minimum Gasteiger partial charge on any atom is -0.481 e. The summed E-state index contributed by atoms with van der Waals surface area (Å²) in [5, 5.41) is 17.8. The molecule has 0 aliphatic rings. The molecule has 0 saturated carbocycles. The Bertz CT molecular complexity index is 625. The van der Waals surface area contributed by atoms with Gasteiger partial charge >= 0.3 is 5.97 Å². The first-order valence-electron chi connectivity index (χ1n) is 6.99. The molecule has 0 aliphatic heterocycles. The van der Waals surface area contributed by atoms with Gasteiger partial charge in [-0.2, -0.15) is 0 Å². The average molecular weight is 305 g/mol. The number of carboxylic acid groups (broad SMARTS) is 1. The molecule has 0 unspecified atom stereocenters. The summed E-state index contributed by atoms with van der Waals surface area (Å²) in [5.41, 5.74) is 2.52. The SMILES string of the molecule is CCc1ccccc1Cn1c(CC)nnc1SCC(=O)O. The van der Waals surface area contributed by atoms with Gasteiger partial charge in [-0.3, -0.25) is 4.79 Å². The van der Waals surface area contributed by atoms with Crippen molar-refractivity contribution in [1.82, 2.24) is 14.8 Å². The summed E-state index contributed by atoms with van der Waals surface area (Å²) in [4.78, 5) is 10.7. The molecular weight excluding hydrogens is 286 g/mol. The Balaban J connectivity index is 2.28. The lowest BCUT2D eigenvalue weighted by atomic mass is 10.1. The van der Waals surface area contributed by atoms with Crippen LogP contribution in [0.15, 0.2) is 29.4 Å². The maximum Gasteiger partial charge on any atom is 0.313 e. The lowest BCUT2D eigenvalue weighted by molar-refractivity contribution is -0.133. The number of rotatable bonds is 7. The summed E-state index contributed by atoms with van der Waals surface area (Å²) < 4.78 is 2.02. The molecule has 1 N–H and O–H groups in total. The van der Waals surface area contributed by atoms with Gasteiger partial charge in [-0.05, 0) is 17.5 Å². The van der Waals surface area contributed by atoms with E-state index in [4.69, 9.17) is 5.11 Å². The van der Waals surface area contributed by atoms with Crippen LogP contribution in [0.4, 0.5) is 0 Å². The van der Waals surface area contributed by atoms with Crippen molar-refractivity contribution in [2.75, 3.05) is 5.75 Å². The van der Waals surface area contributed by atoms with Crippen LogP contribution in [0.25, 0.3) is 0 Å². The highest BCUT2D eigenvalue weighted by Crippen LogP contribution is 2.20. The van der Waals surface area contributed by atoms with Crippen molar-refractivity contribution in [2.24, 2.45) is 0 Å². The van der Waals surface area contributed by atoms with E-state index in [9.17, 15) is 4.79 Å². The molecule has 112 valence electrons. The van der Waals surface area contributed by atoms with E-state index in [1.807, 2.05) is 23.6 Å². The van der Waals surface area contributed by atoms with Crippen LogP contribution in [0.5, 0.6) is 0 Å². The van der Waals surface area contributed by atoms with Crippen LogP contribution in [0, 0.1) is 0 Å². The number of aromatic nitrogens is 3. The topological polar surface area (TPSA) is 68.0 Å². The number of carbonyl (C=O) groups is 1. The Kier molecular flexibility index (Phi) is 5.38. The second-order valence-electron chi connectivity index (χ2n) is 4.64. The summed E-state index contributed by atoms with van der Waals surface area (Å²) in [6, 6.07) is 8.28. The molecule has 1 aromatic carbocycles. The van der Waals surface area contributed by atoms with E-state index in [2.05, 4.69) is 29.3 Å². The van der Waals surface area contributed by atoms with Crippen molar-refractivity contribution in [1.29, 1.82) is 0 Å². The lowest BCUT2D eigenvalue weighted by Crippen LogP contribution is -2.09. The van der Waals surface area contributed by atoms with Crippen LogP contribution in [-0.4, -0.2) is 31.6 Å². The zero-order valence-corrected chi connectivity index (χ0v) is 13.1. The van der Waals surface area contributed by atoms with E-state index in [-0.39, 0.29) is 5.75 Å². The third-order valence-electron chi connectivity index (χ3n) is 3.26. The molecule has 0 fully saturated rings. The Labute approximate surface area is 128 Å². The Hall–Kier alpha value is -1.82. The van der Waals surface area contributed by atoms with Gasteiger partial charge in [0.25, 0.3) is 0 Å². The van der Waals surface area contributed by atoms with Crippen molar-refractivity contribution in [2.45, 2.75) is 38.4 Å². The largest absolute Gasteiger partial charge is 0.481 e. The smallest absolute Gasteiger partial charge is 0.313 e. The van der Waals surface area contributed by atoms with E-state index in [0.29, 0.717) is 11.7 Å². The fourth-order valence-electron chi connectivity index (χ4n) is 2.20. The van der Waals surface area contributed by atoms with Gasteiger partial charge < -0.3 is 9.67 Å². The molecule has 0 bridgehead atoms. The van der Waals surface area contributed by atoms with Gasteiger partial charge in [-0.25, -0.2) is 0 Å². The number of benzene rings is 1. The van der Waals surface area contributed by atoms with Gasteiger partial charge in [-0.15, -0.1) is 10.2 Å². The molecule has 6 heteroatoms. The van der Waals surface area contributed by atoms with Gasteiger partial charge in [0.2, 0.25) is 0 Å². The second-order valence-corrected chi connectivity index (χ2v) is 5.59. The maximum atomic E-state index is 10.7. The average Bonchev–Trinajstić information content (AvgIpc) is 2.87. The number of thioether (sulfide) groups is 1. The minimum absolute atomic E-state index is 0.00271. The quantitative estimate of drug-likeness (QED) is 0.796. The Morgan fingerprint density at radius 1 is 1.19 bits per heavy atom. The molecule has 0 radical (unpaired) electrons. The first kappa shape index (κ1) is 15.6. The van der Waals surface area contributed by atoms with Crippen LogP contribution in [0.3, 0.4) is 0 Å². The van der Waals surface area contributed by atoms with Gasteiger partial charge in [0.15, 0.2) is 5.16 Å². The van der Waals surface area contributed by atoms with Gasteiger partial charge in [0.1, 0.15) is 5.82 Å². The fraction of sp³-hybridized carbons (Fsp3) is 0.400. The van der Waals surface area contributed by atoms with Gasteiger partial charge in [0, 0.05) is 6.42 Å². The zero-order chi connectivity index (χ0) is 15.2. The van der Waals surface area contributed by atoms with E-state index in [1.54, 1.807) is 0 Å². The van der Waals surface area contributed by atoms with Crippen molar-refractivity contribution in [3.63, 3.8) is 0 Å². The molecule has 0 spiro atoms. The molecule has 1 heterocycles. The molecule has 0 amide bonds. The van der Waals surface area contributed by atoms with Gasteiger partial charge in [-0.1, -0.05) is 49.9 Å². The number of carboxylic acids is 1. The number of hydrogen-bond donors (Lipinski definition) is 1. The predicted molar refractivity (Wildman–Crippen MR) is 82.7 cm³/mol. The first-order chi connectivity index (χ1) is 10.2. The molecule has 21 heavy (non-hydrogen) atoms. The van der Waals surface area contributed by atoms with Crippen LogP contribution >= 0.6 is 11.8 Å². The molecule has 2 rings (SSSR count). The van der Waals surface area contributed by atoms with Crippen molar-refractivity contribution in [3.05, 3.63) is 41.2 Å². The number of aryl methyl sites for hydroxylation is 2. The summed E-state index contributed by atoms with van der Waals surface area (Å²) in [7, 11) is 0. The standard InChI is InChI=1S/C15H19N3O2S/c1-3-11-7-5-6-8-12(11)9-18-13(4-2)16-17-15(18)21-10-14(19)20/h5-8H,3-4,9-10H2,1-2H3,(H,19,20). The highest BCUT2D eigenvalue weighted by molar-refractivity contribution is 7.99. The highest BCUT2D eigenvalue weighted by Gasteiger charge is 2.14. The number of nitrogens with zero attached hydrogens (tertiary/aromatic N) is 3. The molecule has 0 aliphatic carbocycles. The third kappa shape index (κ3) is 3.85. The Morgan fingerprint density at radius 2 is 1.90 bits per heavy atom. The first-order valence-corrected chi connectivity index (χ1v) is 7.97. The second kappa shape index (κ2) is 7.26. The number of hydrogen-bond acceptors (Lipinski definition) is 4. The lowest BCUT2D eigenvalue weighted by Gasteiger charge is -2.12. The zero-order valence-electron chi connectivity index (χ0n) is 12.2. The van der Waals surface area contributed by atoms with E-state index < -0.39 is 5.97 Å². The van der Waals surface area contributed by atoms with E-state index >= 15 is 0 Å². The van der Waals surface area contributed by atoms with Crippen molar-refractivity contribution in [3.8, 4) is 0 Å². The predicted octanol–water partition coefficient (Wildman–Crippen LogP) is 2.63. The molecular formula is C15H19N3O2S. The molecule has 2 aromatic rings. The van der Waals surface area contributed by atoms with Gasteiger partial charge in [0.05, 0.1) is 12.3 Å². The summed E-state index contributed by atoms with van der Waals surface area (Å²) in [6.07, 6.45) is 1.74. The maximum absolute atomic E-state index is 10.7. The minimum atomic E-state index is -0.846. The number of aliphatic carboxylic acids is 1. The summed E-state index contributed by atoms with van der Waals surface area (Å²) in [6.45, 7) is 4.84. The monoisotopic (exact) mass is 305 g/mol. The van der Waals surface area contributed by atoms with Crippen LogP contribution < -0.4 is 0 Å². The summed E-state index contributed by atoms with van der Waals surface area (Å²) in [5.74, 6) is 0.0347. The summed E-state index contributed by atoms with van der Waals surface area (Å²) >= 11 is 1.21. The molecule has 0 saturated heterocycles. The van der Waals surface area contributed by atoms with Crippen molar-refractivity contribution < 1.29 is 9.90 Å². The van der Waals surface area contributed by atoms with Crippen LogP contribution in [-0.2, 0) is 24.2 Å². The van der Waals surface area contributed by atoms with Crippen LogP contribution in [0.1, 0.15) is 30.8 Å².